The Hall–Kier alpha value is -6.78. The lowest BCUT2D eigenvalue weighted by Gasteiger charge is -2.10. The molecule has 50 heavy (non-hydrogen) atoms. The number of furan rings is 1. The summed E-state index contributed by atoms with van der Waals surface area (Å²) in [6, 6.07) is 61.4. The van der Waals surface area contributed by atoms with Crippen molar-refractivity contribution in [1.29, 1.82) is 0 Å². The van der Waals surface area contributed by atoms with E-state index in [0.717, 1.165) is 55.7 Å². The molecule has 0 bridgehead atoms. The van der Waals surface area contributed by atoms with Gasteiger partial charge in [-0.25, -0.2) is 9.97 Å². The first kappa shape index (κ1) is 28.3. The molecule has 0 radical (unpaired) electrons. The molecule has 0 aliphatic rings. The third kappa shape index (κ3) is 4.54. The van der Waals surface area contributed by atoms with Crippen LogP contribution in [0.5, 0.6) is 0 Å². The third-order valence-electron chi connectivity index (χ3n) is 9.65. The third-order valence-corrected chi connectivity index (χ3v) is 9.65. The molecule has 0 aliphatic carbocycles. The maximum Gasteiger partial charge on any atom is 0.180 e. The average molecular weight is 640 g/mol. The second kappa shape index (κ2) is 11.4. The van der Waals surface area contributed by atoms with Crippen molar-refractivity contribution in [2.45, 2.75) is 0 Å². The Balaban J connectivity index is 1.14. The summed E-state index contributed by atoms with van der Waals surface area (Å²) in [7, 11) is 0. The molecule has 4 nitrogen and oxygen atoms in total. The van der Waals surface area contributed by atoms with E-state index >= 15 is 0 Å². The summed E-state index contributed by atoms with van der Waals surface area (Å²) in [6.07, 6.45) is 0. The van der Waals surface area contributed by atoms with Gasteiger partial charge in [0.15, 0.2) is 11.4 Å². The zero-order valence-corrected chi connectivity index (χ0v) is 27.0. The van der Waals surface area contributed by atoms with Gasteiger partial charge in [0.25, 0.3) is 0 Å². The van der Waals surface area contributed by atoms with Crippen LogP contribution in [0.25, 0.3) is 94.5 Å². The lowest BCUT2D eigenvalue weighted by atomic mass is 9.99. The van der Waals surface area contributed by atoms with Gasteiger partial charge in [0.2, 0.25) is 0 Å². The zero-order chi connectivity index (χ0) is 33.0. The molecule has 0 unspecified atom stereocenters. The van der Waals surface area contributed by atoms with E-state index in [1.807, 2.05) is 30.3 Å². The Bertz CT molecular complexity index is 2780. The summed E-state index contributed by atoms with van der Waals surface area (Å²) in [4.78, 5) is 10.3. The summed E-state index contributed by atoms with van der Waals surface area (Å²) in [6.45, 7) is 0. The molecule has 0 fully saturated rings. The molecule has 0 amide bonds. The first-order valence-corrected chi connectivity index (χ1v) is 16.8. The first-order valence-electron chi connectivity index (χ1n) is 16.8. The van der Waals surface area contributed by atoms with Gasteiger partial charge in [-0.05, 0) is 52.6 Å². The molecule has 0 saturated carbocycles. The average Bonchev–Trinajstić information content (AvgIpc) is 3.74. The molecule has 3 heterocycles. The van der Waals surface area contributed by atoms with Gasteiger partial charge in [0, 0.05) is 27.6 Å². The van der Waals surface area contributed by atoms with Gasteiger partial charge >= 0.3 is 0 Å². The molecule has 7 aromatic carbocycles. The predicted octanol–water partition coefficient (Wildman–Crippen LogP) is 12.1. The minimum Gasteiger partial charge on any atom is -0.452 e. The van der Waals surface area contributed by atoms with Crippen molar-refractivity contribution in [3.05, 3.63) is 176 Å². The lowest BCUT2D eigenvalue weighted by molar-refractivity contribution is 0.667. The van der Waals surface area contributed by atoms with Gasteiger partial charge in [0.1, 0.15) is 16.8 Å². The number of para-hydroxylation sites is 2. The molecule has 234 valence electrons. The van der Waals surface area contributed by atoms with Crippen LogP contribution < -0.4 is 0 Å². The van der Waals surface area contributed by atoms with Gasteiger partial charge < -0.3 is 8.98 Å². The van der Waals surface area contributed by atoms with Crippen LogP contribution in [0.3, 0.4) is 0 Å². The van der Waals surface area contributed by atoms with Crippen LogP contribution in [-0.2, 0) is 0 Å². The first-order chi connectivity index (χ1) is 24.8. The van der Waals surface area contributed by atoms with Crippen LogP contribution in [0.15, 0.2) is 180 Å². The van der Waals surface area contributed by atoms with Crippen molar-refractivity contribution < 1.29 is 4.42 Å². The van der Waals surface area contributed by atoms with Crippen LogP contribution >= 0.6 is 0 Å². The standard InChI is InChI=1S/C46H29N3O/c1-3-12-30(13-4-1)31-22-24-33(25-23-31)43-45-44(48-46(47-43)34-14-5-2-6-15-34)42-36(18-11-21-41(42)50-45)32-26-28-35(29-27-32)49-39-19-9-7-16-37(39)38-17-8-10-20-40(38)49/h1-29H. The number of nitrogens with zero attached hydrogens (tertiary/aromatic N) is 3. The molecule has 4 heteroatoms. The van der Waals surface area contributed by atoms with E-state index in [0.29, 0.717) is 11.4 Å². The van der Waals surface area contributed by atoms with E-state index in [1.165, 1.54) is 27.4 Å². The Morgan fingerprint density at radius 3 is 1.66 bits per heavy atom. The minimum atomic E-state index is 0.666. The maximum absolute atomic E-state index is 6.66. The van der Waals surface area contributed by atoms with Crippen LogP contribution in [0.1, 0.15) is 0 Å². The monoisotopic (exact) mass is 639 g/mol. The zero-order valence-electron chi connectivity index (χ0n) is 27.0. The van der Waals surface area contributed by atoms with Gasteiger partial charge in [-0.3, -0.25) is 0 Å². The van der Waals surface area contributed by atoms with Crippen LogP contribution in [0.2, 0.25) is 0 Å². The van der Waals surface area contributed by atoms with Crippen molar-refractivity contribution in [2.75, 3.05) is 0 Å². The quantitative estimate of drug-likeness (QED) is 0.188. The fraction of sp³-hybridized carbons (Fsp3) is 0. The largest absolute Gasteiger partial charge is 0.452 e. The Labute approximate surface area is 288 Å². The Morgan fingerprint density at radius 1 is 0.420 bits per heavy atom. The SMILES string of the molecule is c1ccc(-c2ccc(-c3nc(-c4ccccc4)nc4c3oc3cccc(-c5ccc(-n6c7ccccc7c7ccccc76)cc5)c34)cc2)cc1. The molecule has 0 spiro atoms. The van der Waals surface area contributed by atoms with E-state index in [1.54, 1.807) is 0 Å². The van der Waals surface area contributed by atoms with Gasteiger partial charge in [0.05, 0.1) is 16.4 Å². The van der Waals surface area contributed by atoms with E-state index in [2.05, 4.69) is 150 Å². The van der Waals surface area contributed by atoms with Crippen molar-refractivity contribution >= 4 is 43.9 Å². The summed E-state index contributed by atoms with van der Waals surface area (Å²) in [5.41, 5.74) is 13.0. The molecule has 0 aliphatic heterocycles. The van der Waals surface area contributed by atoms with E-state index in [4.69, 9.17) is 14.4 Å². The van der Waals surface area contributed by atoms with Gasteiger partial charge in [-0.2, -0.15) is 0 Å². The molecule has 0 saturated heterocycles. The molecule has 3 aromatic heterocycles. The normalized spacial score (nSPS) is 11.6. The summed E-state index contributed by atoms with van der Waals surface area (Å²) in [5, 5.41) is 3.48. The summed E-state index contributed by atoms with van der Waals surface area (Å²) < 4.78 is 9.00. The molecule has 10 rings (SSSR count). The second-order valence-electron chi connectivity index (χ2n) is 12.6. The number of hydrogen-bond acceptors (Lipinski definition) is 3. The highest BCUT2D eigenvalue weighted by Gasteiger charge is 2.21. The van der Waals surface area contributed by atoms with Crippen LogP contribution in [-0.4, -0.2) is 14.5 Å². The highest BCUT2D eigenvalue weighted by Crippen LogP contribution is 2.41. The molecule has 10 aromatic rings. The fourth-order valence-electron chi connectivity index (χ4n) is 7.28. The minimum absolute atomic E-state index is 0.666. The molecule has 0 atom stereocenters. The smallest absolute Gasteiger partial charge is 0.180 e. The summed E-state index contributed by atoms with van der Waals surface area (Å²) >= 11 is 0. The molecular formula is C46H29N3O. The van der Waals surface area contributed by atoms with E-state index in [9.17, 15) is 0 Å². The van der Waals surface area contributed by atoms with Crippen LogP contribution in [0.4, 0.5) is 0 Å². The Morgan fingerprint density at radius 2 is 0.980 bits per heavy atom. The van der Waals surface area contributed by atoms with Crippen molar-refractivity contribution in [1.82, 2.24) is 14.5 Å². The number of rotatable bonds is 5. The van der Waals surface area contributed by atoms with Crippen LogP contribution in [0, 0.1) is 0 Å². The number of hydrogen-bond donors (Lipinski definition) is 0. The van der Waals surface area contributed by atoms with Gasteiger partial charge in [-0.1, -0.05) is 146 Å². The van der Waals surface area contributed by atoms with Crippen molar-refractivity contribution in [3.8, 4) is 50.6 Å². The fourth-order valence-corrected chi connectivity index (χ4v) is 7.28. The van der Waals surface area contributed by atoms with E-state index < -0.39 is 0 Å². The lowest BCUT2D eigenvalue weighted by Crippen LogP contribution is -1.94. The second-order valence-corrected chi connectivity index (χ2v) is 12.6. The highest BCUT2D eigenvalue weighted by molar-refractivity contribution is 6.14. The highest BCUT2D eigenvalue weighted by atomic mass is 16.3. The van der Waals surface area contributed by atoms with Crippen molar-refractivity contribution in [3.63, 3.8) is 0 Å². The predicted molar refractivity (Wildman–Crippen MR) is 205 cm³/mol. The number of aromatic nitrogens is 3. The van der Waals surface area contributed by atoms with Crippen molar-refractivity contribution in [2.24, 2.45) is 0 Å². The number of benzene rings is 7. The molecular weight excluding hydrogens is 611 g/mol. The summed E-state index contributed by atoms with van der Waals surface area (Å²) in [5.74, 6) is 0.666. The Kier molecular flexibility index (Phi) is 6.46. The topological polar surface area (TPSA) is 43.9 Å². The van der Waals surface area contributed by atoms with E-state index in [-0.39, 0.29) is 0 Å². The molecule has 0 N–H and O–H groups in total. The maximum atomic E-state index is 6.66. The number of fused-ring (bicyclic) bond motifs is 6. The van der Waals surface area contributed by atoms with Gasteiger partial charge in [-0.15, -0.1) is 0 Å².